The van der Waals surface area contributed by atoms with E-state index in [1.807, 2.05) is 0 Å². The molecule has 63 heavy (non-hydrogen) atoms. The Morgan fingerprint density at radius 1 is 0.460 bits per heavy atom. The average Bonchev–Trinajstić information content (AvgIpc) is 3.27. The third kappa shape index (κ3) is 45.4. The number of aliphatic hydroxyl groups excluding tert-OH is 3. The molecule has 0 bridgehead atoms. The van der Waals surface area contributed by atoms with E-state index in [1.165, 1.54) is 135 Å². The predicted molar refractivity (Wildman–Crippen MR) is 258 cm³/mol. The van der Waals surface area contributed by atoms with Crippen LogP contribution in [0.4, 0.5) is 0 Å². The summed E-state index contributed by atoms with van der Waals surface area (Å²) < 4.78 is 33.0. The largest absolute Gasteiger partial charge is 0.472 e. The van der Waals surface area contributed by atoms with E-state index in [9.17, 15) is 29.3 Å². The van der Waals surface area contributed by atoms with Crippen LogP contribution in [0.3, 0.4) is 0 Å². The summed E-state index contributed by atoms with van der Waals surface area (Å²) >= 11 is 0. The molecule has 0 spiro atoms. The summed E-state index contributed by atoms with van der Waals surface area (Å²) in [7, 11) is -4.74. The zero-order valence-electron chi connectivity index (χ0n) is 40.4. The highest BCUT2D eigenvalue weighted by atomic mass is 31.2. The molecule has 0 saturated carbocycles. The van der Waals surface area contributed by atoms with Gasteiger partial charge in [0, 0.05) is 12.8 Å². The molecule has 1 unspecified atom stereocenters. The number of phosphoric acid groups is 1. The van der Waals surface area contributed by atoms with Crippen molar-refractivity contribution in [1.29, 1.82) is 0 Å². The number of phosphoric ester groups is 1. The number of aliphatic hydroxyl groups is 3. The second-order valence-corrected chi connectivity index (χ2v) is 19.1. The number of carbonyl (C=O) groups is 2. The molecule has 0 saturated heterocycles. The summed E-state index contributed by atoms with van der Waals surface area (Å²) in [6, 6.07) is 0. The predicted octanol–water partition coefficient (Wildman–Crippen LogP) is 13.5. The van der Waals surface area contributed by atoms with Crippen LogP contribution < -0.4 is 0 Å². The molecule has 0 aromatic carbocycles. The Morgan fingerprint density at radius 2 is 0.794 bits per heavy atom. The van der Waals surface area contributed by atoms with Crippen LogP contribution in [0.1, 0.15) is 245 Å². The minimum absolute atomic E-state index is 0.153. The van der Waals surface area contributed by atoms with Gasteiger partial charge in [0.05, 0.1) is 19.8 Å². The van der Waals surface area contributed by atoms with Crippen LogP contribution in [0, 0.1) is 0 Å². The molecule has 0 aliphatic rings. The van der Waals surface area contributed by atoms with E-state index in [2.05, 4.69) is 38.2 Å². The van der Waals surface area contributed by atoms with Gasteiger partial charge in [0.15, 0.2) is 6.10 Å². The van der Waals surface area contributed by atoms with Crippen molar-refractivity contribution in [2.24, 2.45) is 0 Å². The molecule has 0 aliphatic carbocycles. The summed E-state index contributed by atoms with van der Waals surface area (Å²) in [4.78, 5) is 35.3. The van der Waals surface area contributed by atoms with Crippen LogP contribution in [0.2, 0.25) is 0 Å². The number of carbonyl (C=O) groups excluding carboxylic acids is 2. The normalized spacial score (nSPS) is 14.3. The minimum Gasteiger partial charge on any atom is -0.462 e. The summed E-state index contributed by atoms with van der Waals surface area (Å²) in [5, 5.41) is 28.2. The van der Waals surface area contributed by atoms with Crippen molar-refractivity contribution in [2.75, 3.05) is 26.4 Å². The molecular formula is C51H97O11P. The van der Waals surface area contributed by atoms with E-state index in [0.717, 1.165) is 70.6 Å². The van der Waals surface area contributed by atoms with Crippen LogP contribution in [0.25, 0.3) is 0 Å². The number of hydrogen-bond acceptors (Lipinski definition) is 10. The Kier molecular flexibility index (Phi) is 45.7. The molecule has 372 valence electrons. The Morgan fingerprint density at radius 3 is 1.17 bits per heavy atom. The monoisotopic (exact) mass is 917 g/mol. The van der Waals surface area contributed by atoms with Crippen molar-refractivity contribution in [3.8, 4) is 0 Å². The Labute approximate surface area is 385 Å². The molecule has 4 N–H and O–H groups in total. The van der Waals surface area contributed by atoms with E-state index in [-0.39, 0.29) is 19.4 Å². The lowest BCUT2D eigenvalue weighted by molar-refractivity contribution is -0.161. The van der Waals surface area contributed by atoms with Crippen LogP contribution in [0.15, 0.2) is 24.3 Å². The molecule has 0 amide bonds. The first-order valence-electron chi connectivity index (χ1n) is 25.9. The molecule has 11 nitrogen and oxygen atoms in total. The van der Waals surface area contributed by atoms with Gasteiger partial charge in [-0.3, -0.25) is 18.6 Å². The van der Waals surface area contributed by atoms with E-state index in [0.29, 0.717) is 12.8 Å². The van der Waals surface area contributed by atoms with Gasteiger partial charge in [0.1, 0.15) is 18.8 Å². The van der Waals surface area contributed by atoms with Gasteiger partial charge in [-0.25, -0.2) is 4.57 Å². The second kappa shape index (κ2) is 46.9. The van der Waals surface area contributed by atoms with Gasteiger partial charge in [-0.2, -0.15) is 0 Å². The van der Waals surface area contributed by atoms with Crippen molar-refractivity contribution >= 4 is 19.8 Å². The van der Waals surface area contributed by atoms with Gasteiger partial charge in [0.2, 0.25) is 0 Å². The van der Waals surface area contributed by atoms with Crippen molar-refractivity contribution < 1.29 is 52.9 Å². The second-order valence-electron chi connectivity index (χ2n) is 17.7. The molecule has 0 heterocycles. The Hall–Kier alpha value is -1.59. The quantitative estimate of drug-likeness (QED) is 0.0198. The first-order valence-corrected chi connectivity index (χ1v) is 27.4. The first-order chi connectivity index (χ1) is 30.6. The van der Waals surface area contributed by atoms with Gasteiger partial charge in [0.25, 0.3) is 0 Å². The molecule has 0 aliphatic heterocycles. The number of esters is 2. The fourth-order valence-electron chi connectivity index (χ4n) is 7.33. The number of rotatable bonds is 49. The standard InChI is InChI=1S/C51H97O11P/c1-3-5-7-9-11-13-15-17-19-21-23-25-27-29-31-33-35-37-39-41-50(55)59-44-47(45-60-63(57,58)61-46-49(54)48(53)43-52)62-51(56)42-40-38-36-34-32-30-28-26-24-22-20-18-16-14-12-10-8-6-4-2/h23-26,47-49,52-54H,3-22,27-46H2,1-2H3,(H,57,58)/t47-,48-,49-/m1/s1. The van der Waals surface area contributed by atoms with Crippen molar-refractivity contribution in [1.82, 2.24) is 0 Å². The molecule has 0 aromatic rings. The van der Waals surface area contributed by atoms with Gasteiger partial charge in [-0.1, -0.05) is 192 Å². The lowest BCUT2D eigenvalue weighted by Gasteiger charge is -2.21. The number of ether oxygens (including phenoxy) is 2. The van der Waals surface area contributed by atoms with E-state index in [1.54, 1.807) is 0 Å². The topological polar surface area (TPSA) is 169 Å². The maximum Gasteiger partial charge on any atom is 0.472 e. The Balaban J connectivity index is 4.32. The summed E-state index contributed by atoms with van der Waals surface area (Å²) in [6.07, 6.45) is 46.3. The lowest BCUT2D eigenvalue weighted by atomic mass is 10.1. The zero-order chi connectivity index (χ0) is 46.3. The summed E-state index contributed by atoms with van der Waals surface area (Å²) in [5.41, 5.74) is 0. The number of allylic oxidation sites excluding steroid dienone is 4. The third-order valence-corrected chi connectivity index (χ3v) is 12.4. The first kappa shape index (κ1) is 61.4. The van der Waals surface area contributed by atoms with Crippen LogP contribution >= 0.6 is 7.82 Å². The van der Waals surface area contributed by atoms with Crippen LogP contribution in [-0.4, -0.2) is 76.9 Å². The maximum atomic E-state index is 12.7. The smallest absolute Gasteiger partial charge is 0.462 e. The fourth-order valence-corrected chi connectivity index (χ4v) is 8.10. The van der Waals surface area contributed by atoms with Crippen molar-refractivity contribution in [3.05, 3.63) is 24.3 Å². The van der Waals surface area contributed by atoms with Gasteiger partial charge >= 0.3 is 19.8 Å². The van der Waals surface area contributed by atoms with E-state index in [4.69, 9.17) is 23.6 Å². The highest BCUT2D eigenvalue weighted by molar-refractivity contribution is 7.47. The SMILES string of the molecule is CCCCCCCCCCCC=CCCCCCCCCC(=O)OC[C@H](COP(=O)(O)OC[C@@H](O)[C@H](O)CO)OC(=O)CCCCCCCCC=CCCCCCCCCCCC. The van der Waals surface area contributed by atoms with Crippen molar-refractivity contribution in [2.45, 2.75) is 263 Å². The summed E-state index contributed by atoms with van der Waals surface area (Å²) in [5.74, 6) is -0.978. The summed E-state index contributed by atoms with van der Waals surface area (Å²) in [6.45, 7) is 2.04. The zero-order valence-corrected chi connectivity index (χ0v) is 41.3. The van der Waals surface area contributed by atoms with E-state index >= 15 is 0 Å². The molecular weight excluding hydrogens is 820 g/mol. The average molecular weight is 917 g/mol. The molecule has 12 heteroatoms. The fraction of sp³-hybridized carbons (Fsp3) is 0.882. The van der Waals surface area contributed by atoms with E-state index < -0.39 is 57.9 Å². The number of hydrogen-bond donors (Lipinski definition) is 4. The van der Waals surface area contributed by atoms with Crippen LogP contribution in [0.5, 0.6) is 0 Å². The van der Waals surface area contributed by atoms with Gasteiger partial charge in [-0.05, 0) is 64.2 Å². The molecule has 0 fully saturated rings. The third-order valence-electron chi connectivity index (χ3n) is 11.5. The minimum atomic E-state index is -4.74. The van der Waals surface area contributed by atoms with Crippen molar-refractivity contribution in [3.63, 3.8) is 0 Å². The van der Waals surface area contributed by atoms with Crippen LogP contribution in [-0.2, 0) is 32.7 Å². The highest BCUT2D eigenvalue weighted by Crippen LogP contribution is 2.43. The molecule has 0 aromatic heterocycles. The lowest BCUT2D eigenvalue weighted by Crippen LogP contribution is -2.33. The molecule has 4 atom stereocenters. The molecule has 0 radical (unpaired) electrons. The van der Waals surface area contributed by atoms with Gasteiger partial charge < -0.3 is 29.7 Å². The maximum absolute atomic E-state index is 12.7. The Bertz CT molecular complexity index is 1120. The highest BCUT2D eigenvalue weighted by Gasteiger charge is 2.28. The molecule has 0 rings (SSSR count). The number of unbranched alkanes of at least 4 members (excludes halogenated alkanes) is 30. The van der Waals surface area contributed by atoms with Gasteiger partial charge in [-0.15, -0.1) is 0 Å².